The SMILES string of the molecule is CCCC(NC(C)CS(C)=O)C(=O)O. The molecule has 84 valence electrons. The Balaban J connectivity index is 4.01. The lowest BCUT2D eigenvalue weighted by Crippen LogP contribution is -2.44. The van der Waals surface area contributed by atoms with E-state index in [2.05, 4.69) is 5.32 Å². The van der Waals surface area contributed by atoms with Crippen LogP contribution in [-0.2, 0) is 15.6 Å². The lowest BCUT2D eigenvalue weighted by atomic mass is 10.1. The molecule has 0 aromatic heterocycles. The number of rotatable bonds is 7. The van der Waals surface area contributed by atoms with Gasteiger partial charge >= 0.3 is 5.97 Å². The van der Waals surface area contributed by atoms with Crippen molar-refractivity contribution < 1.29 is 14.1 Å². The van der Waals surface area contributed by atoms with E-state index in [0.29, 0.717) is 12.2 Å². The molecule has 0 aliphatic rings. The Hall–Kier alpha value is -0.420. The van der Waals surface area contributed by atoms with Crippen molar-refractivity contribution in [2.24, 2.45) is 0 Å². The highest BCUT2D eigenvalue weighted by Crippen LogP contribution is 1.99. The molecular weight excluding hydrogens is 202 g/mol. The zero-order valence-corrected chi connectivity index (χ0v) is 9.76. The molecule has 0 aromatic carbocycles. The maximum absolute atomic E-state index is 10.9. The molecule has 0 bridgehead atoms. The zero-order valence-electron chi connectivity index (χ0n) is 8.95. The molecule has 2 N–H and O–H groups in total. The predicted octanol–water partition coefficient (Wildman–Crippen LogP) is 0.596. The Bertz CT molecular complexity index is 208. The molecule has 0 saturated carbocycles. The summed E-state index contributed by atoms with van der Waals surface area (Å²) in [7, 11) is -0.885. The standard InChI is InChI=1S/C9H19NO3S/c1-4-5-8(9(11)12)10-7(2)6-14(3)13/h7-8,10H,4-6H2,1-3H3,(H,11,12). The first kappa shape index (κ1) is 13.6. The molecule has 0 radical (unpaired) electrons. The minimum absolute atomic E-state index is 0.0199. The number of carboxylic acid groups (broad SMARTS) is 1. The van der Waals surface area contributed by atoms with Crippen molar-refractivity contribution in [3.05, 3.63) is 0 Å². The maximum atomic E-state index is 10.9. The second-order valence-corrected chi connectivity index (χ2v) is 4.97. The van der Waals surface area contributed by atoms with Gasteiger partial charge in [0, 0.05) is 28.9 Å². The topological polar surface area (TPSA) is 66.4 Å². The average Bonchev–Trinajstić information content (AvgIpc) is 2.01. The van der Waals surface area contributed by atoms with Crippen molar-refractivity contribution in [1.82, 2.24) is 5.32 Å². The van der Waals surface area contributed by atoms with Gasteiger partial charge in [-0.05, 0) is 13.3 Å². The van der Waals surface area contributed by atoms with Gasteiger partial charge in [0.25, 0.3) is 0 Å². The molecule has 14 heavy (non-hydrogen) atoms. The minimum atomic E-state index is -0.885. The highest BCUT2D eigenvalue weighted by atomic mass is 32.2. The van der Waals surface area contributed by atoms with E-state index in [9.17, 15) is 9.00 Å². The monoisotopic (exact) mass is 221 g/mol. The van der Waals surface area contributed by atoms with Crippen molar-refractivity contribution in [3.63, 3.8) is 0 Å². The summed E-state index contributed by atoms with van der Waals surface area (Å²) >= 11 is 0. The van der Waals surface area contributed by atoms with Crippen molar-refractivity contribution in [2.75, 3.05) is 12.0 Å². The van der Waals surface area contributed by atoms with Crippen LogP contribution in [0.3, 0.4) is 0 Å². The van der Waals surface area contributed by atoms with E-state index in [0.717, 1.165) is 6.42 Å². The third-order valence-corrected chi connectivity index (χ3v) is 2.82. The highest BCUT2D eigenvalue weighted by Gasteiger charge is 2.18. The Morgan fingerprint density at radius 3 is 2.50 bits per heavy atom. The van der Waals surface area contributed by atoms with Crippen molar-refractivity contribution >= 4 is 16.8 Å². The molecule has 0 rings (SSSR count). The van der Waals surface area contributed by atoms with Gasteiger partial charge in [0.2, 0.25) is 0 Å². The highest BCUT2D eigenvalue weighted by molar-refractivity contribution is 7.84. The summed E-state index contributed by atoms with van der Waals surface area (Å²) in [4.78, 5) is 10.8. The van der Waals surface area contributed by atoms with Crippen LogP contribution < -0.4 is 5.32 Å². The maximum Gasteiger partial charge on any atom is 0.320 e. The minimum Gasteiger partial charge on any atom is -0.480 e. The third-order valence-electron chi connectivity index (χ3n) is 1.85. The van der Waals surface area contributed by atoms with E-state index in [1.807, 2.05) is 13.8 Å². The number of carboxylic acids is 1. The largest absolute Gasteiger partial charge is 0.480 e. The molecule has 0 fully saturated rings. The number of hydrogen-bond acceptors (Lipinski definition) is 3. The van der Waals surface area contributed by atoms with E-state index in [1.54, 1.807) is 6.26 Å². The quantitative estimate of drug-likeness (QED) is 0.660. The molecule has 4 nitrogen and oxygen atoms in total. The normalized spacial score (nSPS) is 17.4. The first-order chi connectivity index (χ1) is 6.47. The van der Waals surface area contributed by atoms with Crippen LogP contribution in [0.25, 0.3) is 0 Å². The number of aliphatic carboxylic acids is 1. The van der Waals surface area contributed by atoms with Crippen LogP contribution in [0.4, 0.5) is 0 Å². The van der Waals surface area contributed by atoms with Gasteiger partial charge in [-0.3, -0.25) is 9.00 Å². The van der Waals surface area contributed by atoms with Gasteiger partial charge in [0.15, 0.2) is 0 Å². The van der Waals surface area contributed by atoms with E-state index >= 15 is 0 Å². The molecule has 5 heteroatoms. The Morgan fingerprint density at radius 1 is 1.57 bits per heavy atom. The van der Waals surface area contributed by atoms with Crippen molar-refractivity contribution in [1.29, 1.82) is 0 Å². The van der Waals surface area contributed by atoms with Crippen molar-refractivity contribution in [2.45, 2.75) is 38.8 Å². The molecule has 0 spiro atoms. The molecule has 0 aliphatic carbocycles. The fourth-order valence-corrected chi connectivity index (χ4v) is 2.11. The summed E-state index contributed by atoms with van der Waals surface area (Å²) in [6.07, 6.45) is 3.05. The van der Waals surface area contributed by atoms with Gasteiger partial charge in [-0.25, -0.2) is 0 Å². The lowest BCUT2D eigenvalue weighted by molar-refractivity contribution is -0.139. The van der Waals surface area contributed by atoms with Gasteiger partial charge < -0.3 is 10.4 Å². The van der Waals surface area contributed by atoms with Crippen LogP contribution in [0, 0.1) is 0 Å². The fraction of sp³-hybridized carbons (Fsp3) is 0.889. The van der Waals surface area contributed by atoms with E-state index < -0.39 is 22.8 Å². The predicted molar refractivity (Wildman–Crippen MR) is 57.9 cm³/mol. The summed E-state index contributed by atoms with van der Waals surface area (Å²) in [5, 5.41) is 11.8. The first-order valence-electron chi connectivity index (χ1n) is 4.76. The summed E-state index contributed by atoms with van der Waals surface area (Å²) in [6.45, 7) is 3.80. The van der Waals surface area contributed by atoms with Crippen LogP contribution in [0.1, 0.15) is 26.7 Å². The molecule has 0 aliphatic heterocycles. The van der Waals surface area contributed by atoms with Gasteiger partial charge in [-0.2, -0.15) is 0 Å². The molecule has 3 unspecified atom stereocenters. The fourth-order valence-electron chi connectivity index (χ4n) is 1.31. The second-order valence-electron chi connectivity index (χ2n) is 3.49. The summed E-state index contributed by atoms with van der Waals surface area (Å²) in [5.74, 6) is -0.339. The van der Waals surface area contributed by atoms with E-state index in [4.69, 9.17) is 5.11 Å². The Morgan fingerprint density at radius 2 is 2.14 bits per heavy atom. The van der Waals surface area contributed by atoms with Crippen molar-refractivity contribution in [3.8, 4) is 0 Å². The summed E-state index contributed by atoms with van der Waals surface area (Å²) in [6, 6.07) is -0.535. The lowest BCUT2D eigenvalue weighted by Gasteiger charge is -2.18. The first-order valence-corrected chi connectivity index (χ1v) is 6.49. The number of carbonyl (C=O) groups is 1. The molecule has 0 saturated heterocycles. The molecular formula is C9H19NO3S. The molecule has 0 amide bonds. The smallest absolute Gasteiger partial charge is 0.320 e. The third kappa shape index (κ3) is 6.10. The second kappa shape index (κ2) is 6.95. The van der Waals surface area contributed by atoms with Crippen LogP contribution >= 0.6 is 0 Å². The van der Waals surface area contributed by atoms with Gasteiger partial charge in [-0.15, -0.1) is 0 Å². The van der Waals surface area contributed by atoms with Gasteiger partial charge in [-0.1, -0.05) is 13.3 Å². The Kier molecular flexibility index (Phi) is 6.74. The number of hydrogen-bond donors (Lipinski definition) is 2. The molecule has 0 heterocycles. The summed E-state index contributed by atoms with van der Waals surface area (Å²) < 4.78 is 10.9. The molecule has 0 aromatic rings. The molecule has 3 atom stereocenters. The van der Waals surface area contributed by atoms with Gasteiger partial charge in [0.05, 0.1) is 0 Å². The van der Waals surface area contributed by atoms with E-state index in [-0.39, 0.29) is 6.04 Å². The van der Waals surface area contributed by atoms with Crippen LogP contribution in [0.15, 0.2) is 0 Å². The van der Waals surface area contributed by atoms with E-state index in [1.165, 1.54) is 0 Å². The average molecular weight is 221 g/mol. The number of nitrogens with one attached hydrogen (secondary N) is 1. The van der Waals surface area contributed by atoms with Crippen LogP contribution in [0.2, 0.25) is 0 Å². The van der Waals surface area contributed by atoms with Crippen LogP contribution in [0.5, 0.6) is 0 Å². The zero-order chi connectivity index (χ0) is 11.1. The van der Waals surface area contributed by atoms with Crippen LogP contribution in [-0.4, -0.2) is 39.4 Å². The van der Waals surface area contributed by atoms with Gasteiger partial charge in [0.1, 0.15) is 6.04 Å². The Labute approximate surface area is 87.5 Å². The summed E-state index contributed by atoms with van der Waals surface area (Å²) in [5.41, 5.74) is 0.